The van der Waals surface area contributed by atoms with Gasteiger partial charge in [0, 0.05) is 0 Å². The summed E-state index contributed by atoms with van der Waals surface area (Å²) < 4.78 is 0. The summed E-state index contributed by atoms with van der Waals surface area (Å²) in [6, 6.07) is 5.37. The minimum absolute atomic E-state index is 0.251. The lowest BCUT2D eigenvalue weighted by molar-refractivity contribution is 0.0999. The van der Waals surface area contributed by atoms with Gasteiger partial charge < -0.3 is 5.73 Å². The van der Waals surface area contributed by atoms with E-state index in [0.29, 0.717) is 10.6 Å². The Bertz CT molecular complexity index is 334. The second kappa shape index (κ2) is 3.79. The van der Waals surface area contributed by atoms with Crippen LogP contribution in [0.5, 0.6) is 0 Å². The monoisotopic (exact) mass is 197 g/mol. The highest BCUT2D eigenvalue weighted by Crippen LogP contribution is 2.25. The Kier molecular flexibility index (Phi) is 2.94. The van der Waals surface area contributed by atoms with Crippen LogP contribution in [0.2, 0.25) is 5.02 Å². The summed E-state index contributed by atoms with van der Waals surface area (Å²) in [4.78, 5) is 11.1. The molecule has 13 heavy (non-hydrogen) atoms. The van der Waals surface area contributed by atoms with E-state index in [-0.39, 0.29) is 5.92 Å². The van der Waals surface area contributed by atoms with E-state index in [1.165, 1.54) is 0 Å². The van der Waals surface area contributed by atoms with Crippen LogP contribution >= 0.6 is 11.6 Å². The summed E-state index contributed by atoms with van der Waals surface area (Å²) in [5.74, 6) is -0.212. The molecular formula is C10H12ClNO. The number of rotatable bonds is 2. The van der Waals surface area contributed by atoms with Gasteiger partial charge in [0.15, 0.2) is 0 Å². The lowest BCUT2D eigenvalue weighted by atomic mass is 9.97. The van der Waals surface area contributed by atoms with E-state index in [0.717, 1.165) is 5.56 Å². The molecular weight excluding hydrogens is 186 g/mol. The molecule has 0 aliphatic carbocycles. The fourth-order valence-corrected chi connectivity index (χ4v) is 1.56. The highest BCUT2D eigenvalue weighted by Gasteiger charge is 2.13. The van der Waals surface area contributed by atoms with E-state index in [1.807, 2.05) is 26.0 Å². The fraction of sp³-hybridized carbons (Fsp3) is 0.300. The average molecular weight is 198 g/mol. The summed E-state index contributed by atoms with van der Waals surface area (Å²) in [6.07, 6.45) is 0. The first kappa shape index (κ1) is 10.1. The van der Waals surface area contributed by atoms with Crippen LogP contribution < -0.4 is 5.73 Å². The van der Waals surface area contributed by atoms with Gasteiger partial charge in [-0.3, -0.25) is 4.79 Å². The van der Waals surface area contributed by atoms with Gasteiger partial charge in [0.25, 0.3) is 5.91 Å². The maximum absolute atomic E-state index is 11.1. The minimum Gasteiger partial charge on any atom is -0.366 e. The zero-order valence-corrected chi connectivity index (χ0v) is 8.43. The van der Waals surface area contributed by atoms with Crippen LogP contribution in [0, 0.1) is 0 Å². The van der Waals surface area contributed by atoms with Crippen molar-refractivity contribution in [3.63, 3.8) is 0 Å². The van der Waals surface area contributed by atoms with E-state index in [1.54, 1.807) is 6.07 Å². The molecule has 2 nitrogen and oxygen atoms in total. The van der Waals surface area contributed by atoms with Gasteiger partial charge in [0.05, 0.1) is 10.6 Å². The van der Waals surface area contributed by atoms with Crippen molar-refractivity contribution in [3.05, 3.63) is 34.3 Å². The molecule has 1 aromatic rings. The smallest absolute Gasteiger partial charge is 0.250 e. The molecule has 0 spiro atoms. The topological polar surface area (TPSA) is 43.1 Å². The molecule has 0 saturated carbocycles. The number of hydrogen-bond acceptors (Lipinski definition) is 1. The number of carbonyl (C=O) groups is 1. The molecule has 0 aromatic heterocycles. The number of amides is 1. The van der Waals surface area contributed by atoms with Crippen LogP contribution in [0.4, 0.5) is 0 Å². The maximum atomic E-state index is 11.1. The molecule has 0 fully saturated rings. The first-order chi connectivity index (χ1) is 6.04. The van der Waals surface area contributed by atoms with E-state index in [4.69, 9.17) is 17.3 Å². The van der Waals surface area contributed by atoms with E-state index >= 15 is 0 Å². The van der Waals surface area contributed by atoms with Crippen molar-refractivity contribution in [2.45, 2.75) is 19.8 Å². The number of nitrogens with two attached hydrogens (primary N) is 1. The SMILES string of the molecule is CC(C)c1cccc(Cl)c1C(N)=O. The van der Waals surface area contributed by atoms with E-state index in [9.17, 15) is 4.79 Å². The normalized spacial score (nSPS) is 10.5. The summed E-state index contributed by atoms with van der Waals surface area (Å²) in [5, 5.41) is 0.429. The predicted octanol–water partition coefficient (Wildman–Crippen LogP) is 2.56. The lowest BCUT2D eigenvalue weighted by Crippen LogP contribution is -2.15. The minimum atomic E-state index is -0.464. The van der Waals surface area contributed by atoms with Gasteiger partial charge >= 0.3 is 0 Å². The molecule has 0 radical (unpaired) electrons. The molecule has 0 bridgehead atoms. The molecule has 2 N–H and O–H groups in total. The summed E-state index contributed by atoms with van der Waals surface area (Å²) >= 11 is 5.87. The molecule has 0 unspecified atom stereocenters. The highest BCUT2D eigenvalue weighted by atomic mass is 35.5. The molecule has 70 valence electrons. The predicted molar refractivity (Wildman–Crippen MR) is 54.1 cm³/mol. The zero-order valence-electron chi connectivity index (χ0n) is 7.67. The molecule has 1 rings (SSSR count). The molecule has 0 atom stereocenters. The Balaban J connectivity index is 3.34. The number of benzene rings is 1. The van der Waals surface area contributed by atoms with Crippen molar-refractivity contribution in [2.75, 3.05) is 0 Å². The second-order valence-corrected chi connectivity index (χ2v) is 3.63. The molecule has 0 heterocycles. The third-order valence-electron chi connectivity index (χ3n) is 1.91. The third-order valence-corrected chi connectivity index (χ3v) is 2.23. The van der Waals surface area contributed by atoms with E-state index < -0.39 is 5.91 Å². The second-order valence-electron chi connectivity index (χ2n) is 3.22. The molecule has 1 amide bonds. The lowest BCUT2D eigenvalue weighted by Gasteiger charge is -2.10. The van der Waals surface area contributed by atoms with Crippen molar-refractivity contribution in [3.8, 4) is 0 Å². The summed E-state index contributed by atoms with van der Waals surface area (Å²) in [7, 11) is 0. The van der Waals surface area contributed by atoms with Crippen LogP contribution in [0.15, 0.2) is 18.2 Å². The van der Waals surface area contributed by atoms with Crippen molar-refractivity contribution in [2.24, 2.45) is 5.73 Å². The van der Waals surface area contributed by atoms with Crippen molar-refractivity contribution < 1.29 is 4.79 Å². The fourth-order valence-electron chi connectivity index (χ4n) is 1.28. The molecule has 3 heteroatoms. The van der Waals surface area contributed by atoms with E-state index in [2.05, 4.69) is 0 Å². The van der Waals surface area contributed by atoms with Crippen LogP contribution in [0.3, 0.4) is 0 Å². The summed E-state index contributed by atoms with van der Waals surface area (Å²) in [5.41, 5.74) is 6.58. The van der Waals surface area contributed by atoms with Crippen LogP contribution in [0.1, 0.15) is 35.7 Å². The Morgan fingerprint density at radius 1 is 1.46 bits per heavy atom. The van der Waals surface area contributed by atoms with Gasteiger partial charge in [-0.2, -0.15) is 0 Å². The molecule has 0 aliphatic heterocycles. The standard InChI is InChI=1S/C10H12ClNO/c1-6(2)7-4-3-5-8(11)9(7)10(12)13/h3-6H,1-2H3,(H2,12,13). The highest BCUT2D eigenvalue weighted by molar-refractivity contribution is 6.34. The van der Waals surface area contributed by atoms with Crippen LogP contribution in [-0.2, 0) is 0 Å². The Hall–Kier alpha value is -1.02. The number of carbonyl (C=O) groups excluding carboxylic acids is 1. The summed E-state index contributed by atoms with van der Waals surface area (Å²) in [6.45, 7) is 4.00. The van der Waals surface area contributed by atoms with Crippen LogP contribution in [-0.4, -0.2) is 5.91 Å². The molecule has 1 aromatic carbocycles. The first-order valence-electron chi connectivity index (χ1n) is 4.12. The zero-order chi connectivity index (χ0) is 10.0. The van der Waals surface area contributed by atoms with Crippen molar-refractivity contribution in [1.29, 1.82) is 0 Å². The van der Waals surface area contributed by atoms with Gasteiger partial charge in [-0.05, 0) is 17.5 Å². The van der Waals surface area contributed by atoms with Gasteiger partial charge in [0.1, 0.15) is 0 Å². The van der Waals surface area contributed by atoms with Crippen molar-refractivity contribution >= 4 is 17.5 Å². The number of halogens is 1. The molecule has 0 aliphatic rings. The van der Waals surface area contributed by atoms with Crippen molar-refractivity contribution in [1.82, 2.24) is 0 Å². The number of primary amides is 1. The Morgan fingerprint density at radius 2 is 2.08 bits per heavy atom. The van der Waals surface area contributed by atoms with Gasteiger partial charge in [-0.15, -0.1) is 0 Å². The quantitative estimate of drug-likeness (QED) is 0.778. The largest absolute Gasteiger partial charge is 0.366 e. The first-order valence-corrected chi connectivity index (χ1v) is 4.50. The Morgan fingerprint density at radius 3 is 2.46 bits per heavy atom. The maximum Gasteiger partial charge on any atom is 0.250 e. The van der Waals surface area contributed by atoms with Gasteiger partial charge in [0.2, 0.25) is 0 Å². The van der Waals surface area contributed by atoms with Crippen LogP contribution in [0.25, 0.3) is 0 Å². The number of hydrogen-bond donors (Lipinski definition) is 1. The third kappa shape index (κ3) is 2.01. The molecule has 0 saturated heterocycles. The van der Waals surface area contributed by atoms with Gasteiger partial charge in [-0.1, -0.05) is 37.6 Å². The Labute approximate surface area is 82.7 Å². The average Bonchev–Trinajstić information content (AvgIpc) is 2.02. The van der Waals surface area contributed by atoms with Gasteiger partial charge in [-0.25, -0.2) is 0 Å².